The number of benzene rings is 1. The molecule has 0 unspecified atom stereocenters. The molecule has 0 fully saturated rings. The SMILES string of the molecule is Cc1ccsc1C(=O)NS(=O)(=O)c1ccc2c(c1)sc(=O)n2C. The predicted molar refractivity (Wildman–Crippen MR) is 90.8 cm³/mol. The van der Waals surface area contributed by atoms with Gasteiger partial charge >= 0.3 is 4.87 Å². The number of amides is 1. The van der Waals surface area contributed by atoms with Crippen molar-refractivity contribution in [3.8, 4) is 0 Å². The molecule has 3 rings (SSSR count). The Labute approximate surface area is 140 Å². The van der Waals surface area contributed by atoms with E-state index in [1.54, 1.807) is 31.5 Å². The molecule has 0 saturated carbocycles. The smallest absolute Gasteiger partial charge is 0.302 e. The summed E-state index contributed by atoms with van der Waals surface area (Å²) in [5.41, 5.74) is 1.37. The Morgan fingerprint density at radius 2 is 2.00 bits per heavy atom. The topological polar surface area (TPSA) is 85.2 Å². The molecule has 3 aromatic rings. The molecule has 1 N–H and O–H groups in total. The molecule has 1 amide bonds. The first-order chi connectivity index (χ1) is 10.8. The fraction of sp³-hybridized carbons (Fsp3) is 0.143. The van der Waals surface area contributed by atoms with E-state index in [0.29, 0.717) is 15.1 Å². The van der Waals surface area contributed by atoms with Crippen LogP contribution < -0.4 is 9.60 Å². The van der Waals surface area contributed by atoms with Crippen molar-refractivity contribution in [3.05, 3.63) is 49.8 Å². The number of aryl methyl sites for hydroxylation is 2. The molecule has 2 heterocycles. The average molecular weight is 368 g/mol. The summed E-state index contributed by atoms with van der Waals surface area (Å²) in [6.07, 6.45) is 0. The van der Waals surface area contributed by atoms with Crippen LogP contribution in [0.15, 0.2) is 39.3 Å². The zero-order chi connectivity index (χ0) is 16.8. The number of hydrogen-bond donors (Lipinski definition) is 1. The van der Waals surface area contributed by atoms with Gasteiger partial charge in [0.25, 0.3) is 15.9 Å². The highest BCUT2D eigenvalue weighted by atomic mass is 32.2. The molecule has 0 bridgehead atoms. The van der Waals surface area contributed by atoms with Gasteiger partial charge in [-0.05, 0) is 42.1 Å². The van der Waals surface area contributed by atoms with E-state index in [1.807, 2.05) is 0 Å². The molecule has 23 heavy (non-hydrogen) atoms. The molecule has 0 aliphatic rings. The number of thiazole rings is 1. The molecular formula is C14H12N2O4S3. The summed E-state index contributed by atoms with van der Waals surface area (Å²) in [5, 5.41) is 1.73. The lowest BCUT2D eigenvalue weighted by Crippen LogP contribution is -2.30. The molecule has 0 spiro atoms. The number of fused-ring (bicyclic) bond motifs is 1. The number of hydrogen-bond acceptors (Lipinski definition) is 6. The van der Waals surface area contributed by atoms with Crippen molar-refractivity contribution < 1.29 is 13.2 Å². The molecule has 0 saturated heterocycles. The molecule has 2 aromatic heterocycles. The van der Waals surface area contributed by atoms with Gasteiger partial charge in [-0.25, -0.2) is 13.1 Å². The average Bonchev–Trinajstić information content (AvgIpc) is 3.03. The van der Waals surface area contributed by atoms with E-state index < -0.39 is 15.9 Å². The monoisotopic (exact) mass is 368 g/mol. The van der Waals surface area contributed by atoms with Crippen LogP contribution in [0.3, 0.4) is 0 Å². The second-order valence-electron chi connectivity index (χ2n) is 4.92. The summed E-state index contributed by atoms with van der Waals surface area (Å²) in [4.78, 5) is 23.9. The van der Waals surface area contributed by atoms with Gasteiger partial charge in [-0.1, -0.05) is 11.3 Å². The van der Waals surface area contributed by atoms with Crippen LogP contribution >= 0.6 is 22.7 Å². The van der Waals surface area contributed by atoms with Gasteiger partial charge in [0.15, 0.2) is 0 Å². The van der Waals surface area contributed by atoms with Crippen molar-refractivity contribution >= 4 is 48.8 Å². The molecule has 6 nitrogen and oxygen atoms in total. The quantitative estimate of drug-likeness (QED) is 0.767. The Hall–Kier alpha value is -1.97. The Bertz CT molecular complexity index is 1070. The van der Waals surface area contributed by atoms with Gasteiger partial charge in [-0.3, -0.25) is 9.59 Å². The first kappa shape index (κ1) is 15.9. The van der Waals surface area contributed by atoms with E-state index in [4.69, 9.17) is 0 Å². The summed E-state index contributed by atoms with van der Waals surface area (Å²) in [6.45, 7) is 1.74. The molecule has 1 aromatic carbocycles. The molecule has 9 heteroatoms. The van der Waals surface area contributed by atoms with Gasteiger partial charge in [0.05, 0.1) is 20.0 Å². The van der Waals surface area contributed by atoms with Crippen LogP contribution in [0.4, 0.5) is 0 Å². The summed E-state index contributed by atoms with van der Waals surface area (Å²) < 4.78 is 28.8. The molecule has 0 aliphatic heterocycles. The van der Waals surface area contributed by atoms with E-state index >= 15 is 0 Å². The highest BCUT2D eigenvalue weighted by molar-refractivity contribution is 7.90. The number of sulfonamides is 1. The summed E-state index contributed by atoms with van der Waals surface area (Å²) in [7, 11) is -2.37. The number of carbonyl (C=O) groups excluding carboxylic acids is 1. The Kier molecular flexibility index (Phi) is 3.86. The summed E-state index contributed by atoms with van der Waals surface area (Å²) in [5.74, 6) is -0.654. The lowest BCUT2D eigenvalue weighted by molar-refractivity contribution is 0.0985. The van der Waals surface area contributed by atoms with Crippen LogP contribution in [-0.4, -0.2) is 18.9 Å². The first-order valence-corrected chi connectivity index (χ1v) is 9.68. The first-order valence-electron chi connectivity index (χ1n) is 6.50. The van der Waals surface area contributed by atoms with E-state index in [1.165, 1.54) is 28.0 Å². The van der Waals surface area contributed by atoms with Crippen molar-refractivity contribution in [2.24, 2.45) is 7.05 Å². The standard InChI is InChI=1S/C14H12N2O4S3/c1-8-5-6-21-12(8)13(17)15-23(19,20)9-3-4-10-11(7-9)22-14(18)16(10)2/h3-7H,1-2H3,(H,15,17). The van der Waals surface area contributed by atoms with Crippen molar-refractivity contribution in [2.75, 3.05) is 0 Å². The Morgan fingerprint density at radius 3 is 2.65 bits per heavy atom. The van der Waals surface area contributed by atoms with Crippen LogP contribution in [0.25, 0.3) is 10.2 Å². The third kappa shape index (κ3) is 2.82. The molecule has 0 atom stereocenters. The number of nitrogens with one attached hydrogen (secondary N) is 1. The van der Waals surface area contributed by atoms with Gasteiger partial charge in [0.1, 0.15) is 0 Å². The zero-order valence-corrected chi connectivity index (χ0v) is 14.6. The van der Waals surface area contributed by atoms with Gasteiger partial charge < -0.3 is 4.57 Å². The lowest BCUT2D eigenvalue weighted by atomic mass is 10.3. The van der Waals surface area contributed by atoms with Crippen LogP contribution in [0, 0.1) is 6.92 Å². The Balaban J connectivity index is 1.98. The number of aromatic nitrogens is 1. The zero-order valence-electron chi connectivity index (χ0n) is 12.2. The predicted octanol–water partition coefficient (Wildman–Crippen LogP) is 2.09. The number of thiophene rings is 1. The van der Waals surface area contributed by atoms with E-state index in [2.05, 4.69) is 4.72 Å². The lowest BCUT2D eigenvalue weighted by Gasteiger charge is -2.07. The van der Waals surface area contributed by atoms with Crippen molar-refractivity contribution in [3.63, 3.8) is 0 Å². The minimum absolute atomic E-state index is 0.0468. The van der Waals surface area contributed by atoms with Gasteiger partial charge in [-0.2, -0.15) is 0 Å². The number of carbonyl (C=O) groups is 1. The normalized spacial score (nSPS) is 11.7. The molecule has 0 aliphatic carbocycles. The fourth-order valence-electron chi connectivity index (χ4n) is 2.11. The maximum Gasteiger partial charge on any atom is 0.307 e. The second kappa shape index (κ2) is 5.59. The maximum absolute atomic E-state index is 12.4. The highest BCUT2D eigenvalue weighted by Gasteiger charge is 2.21. The van der Waals surface area contributed by atoms with Gasteiger partial charge in [-0.15, -0.1) is 11.3 Å². The summed E-state index contributed by atoms with van der Waals surface area (Å²) in [6, 6.07) is 6.09. The van der Waals surface area contributed by atoms with E-state index in [0.717, 1.165) is 16.9 Å². The minimum atomic E-state index is -3.99. The van der Waals surface area contributed by atoms with E-state index in [9.17, 15) is 18.0 Å². The fourth-order valence-corrected chi connectivity index (χ4v) is 4.98. The number of rotatable bonds is 3. The van der Waals surface area contributed by atoms with Crippen LogP contribution in [0.1, 0.15) is 15.2 Å². The Morgan fingerprint density at radius 1 is 1.26 bits per heavy atom. The van der Waals surface area contributed by atoms with Crippen LogP contribution in [0.5, 0.6) is 0 Å². The van der Waals surface area contributed by atoms with Crippen LogP contribution in [-0.2, 0) is 17.1 Å². The minimum Gasteiger partial charge on any atom is -0.302 e. The van der Waals surface area contributed by atoms with Crippen molar-refractivity contribution in [1.29, 1.82) is 0 Å². The van der Waals surface area contributed by atoms with Crippen molar-refractivity contribution in [2.45, 2.75) is 11.8 Å². The van der Waals surface area contributed by atoms with Gasteiger partial charge in [0.2, 0.25) is 0 Å². The second-order valence-corrected chi connectivity index (χ2v) is 8.52. The van der Waals surface area contributed by atoms with Crippen LogP contribution in [0.2, 0.25) is 0 Å². The third-order valence-corrected chi connectivity index (χ3v) is 6.71. The number of nitrogens with zero attached hydrogens (tertiary/aromatic N) is 1. The van der Waals surface area contributed by atoms with E-state index in [-0.39, 0.29) is 9.77 Å². The molecule has 0 radical (unpaired) electrons. The third-order valence-electron chi connectivity index (χ3n) is 3.37. The largest absolute Gasteiger partial charge is 0.307 e. The van der Waals surface area contributed by atoms with Gasteiger partial charge in [0, 0.05) is 7.05 Å². The van der Waals surface area contributed by atoms with Crippen molar-refractivity contribution in [1.82, 2.24) is 9.29 Å². The maximum atomic E-state index is 12.4. The molecule has 120 valence electrons. The summed E-state index contributed by atoms with van der Waals surface area (Å²) >= 11 is 2.14. The molecular weight excluding hydrogens is 356 g/mol. The highest BCUT2D eigenvalue weighted by Crippen LogP contribution is 2.22.